The van der Waals surface area contributed by atoms with E-state index >= 15 is 0 Å². The van der Waals surface area contributed by atoms with E-state index in [1.165, 1.54) is 30.3 Å². The zero-order chi connectivity index (χ0) is 17.1. The van der Waals surface area contributed by atoms with Crippen molar-refractivity contribution in [2.24, 2.45) is 0 Å². The highest BCUT2D eigenvalue weighted by atomic mass is 79.9. The van der Waals surface area contributed by atoms with Crippen LogP contribution in [0.5, 0.6) is 0 Å². The summed E-state index contributed by atoms with van der Waals surface area (Å²) < 4.78 is 14.4. The first-order valence-electron chi connectivity index (χ1n) is 6.23. The van der Waals surface area contributed by atoms with Gasteiger partial charge in [0, 0.05) is 4.47 Å². The molecule has 23 heavy (non-hydrogen) atoms. The number of carbonyl (C=O) groups is 2. The predicted octanol–water partition coefficient (Wildman–Crippen LogP) is 5.09. The minimum Gasteiger partial charge on any atom is -0.465 e. The molecule has 1 amide bonds. The minimum absolute atomic E-state index is 0.158. The zero-order valence-corrected chi connectivity index (χ0v) is 14.4. The number of benzene rings is 2. The first-order valence-corrected chi connectivity index (χ1v) is 7.78. The fourth-order valence-electron chi connectivity index (χ4n) is 1.96. The topological polar surface area (TPSA) is 66.4 Å². The molecular formula is C15H9BrCl2FNO3. The van der Waals surface area contributed by atoms with E-state index in [1.807, 2.05) is 0 Å². The summed E-state index contributed by atoms with van der Waals surface area (Å²) in [4.78, 5) is 23.5. The number of hydrogen-bond acceptors (Lipinski definition) is 2. The SMILES string of the molecule is O=C(O)NC(C(=O)c1ccc(Br)cc1F)c1ccc(Cl)c(Cl)c1. The van der Waals surface area contributed by atoms with Gasteiger partial charge in [0.15, 0.2) is 5.78 Å². The molecule has 0 saturated heterocycles. The summed E-state index contributed by atoms with van der Waals surface area (Å²) in [6, 6.07) is 6.82. The number of hydrogen-bond donors (Lipinski definition) is 2. The summed E-state index contributed by atoms with van der Waals surface area (Å²) in [5.74, 6) is -1.50. The van der Waals surface area contributed by atoms with Gasteiger partial charge in [-0.3, -0.25) is 4.79 Å². The number of nitrogens with one attached hydrogen (secondary N) is 1. The Labute approximate surface area is 149 Å². The molecule has 2 aromatic carbocycles. The molecule has 4 nitrogen and oxygen atoms in total. The monoisotopic (exact) mass is 419 g/mol. The van der Waals surface area contributed by atoms with Gasteiger partial charge in [0.1, 0.15) is 11.9 Å². The zero-order valence-electron chi connectivity index (χ0n) is 11.3. The van der Waals surface area contributed by atoms with Crippen LogP contribution in [0.15, 0.2) is 40.9 Å². The van der Waals surface area contributed by atoms with Crippen LogP contribution in [0.3, 0.4) is 0 Å². The van der Waals surface area contributed by atoms with Gasteiger partial charge in [0.2, 0.25) is 0 Å². The Bertz CT molecular complexity index is 785. The van der Waals surface area contributed by atoms with Gasteiger partial charge in [0.05, 0.1) is 15.6 Å². The summed E-state index contributed by atoms with van der Waals surface area (Å²) in [5, 5.41) is 11.4. The standard InChI is InChI=1S/C15H9BrCl2FNO3/c16-8-2-3-9(12(19)6-8)14(21)13(20-15(22)23)7-1-4-10(17)11(18)5-7/h1-6,13,20H,(H,22,23). The summed E-state index contributed by atoms with van der Waals surface area (Å²) >= 11 is 14.8. The normalized spacial score (nSPS) is 11.8. The van der Waals surface area contributed by atoms with Crippen molar-refractivity contribution >= 4 is 51.0 Å². The number of rotatable bonds is 4. The highest BCUT2D eigenvalue weighted by molar-refractivity contribution is 9.10. The van der Waals surface area contributed by atoms with Crippen molar-refractivity contribution in [2.75, 3.05) is 0 Å². The Balaban J connectivity index is 2.47. The molecule has 0 bridgehead atoms. The lowest BCUT2D eigenvalue weighted by molar-refractivity contribution is 0.0932. The Morgan fingerprint density at radius 2 is 1.83 bits per heavy atom. The lowest BCUT2D eigenvalue weighted by Crippen LogP contribution is -2.33. The number of amides is 1. The molecule has 0 aliphatic carbocycles. The summed E-state index contributed by atoms with van der Waals surface area (Å²) in [6.45, 7) is 0. The molecule has 1 atom stereocenters. The first-order chi connectivity index (χ1) is 10.8. The molecule has 0 aromatic heterocycles. The van der Waals surface area contributed by atoms with Crippen LogP contribution in [0.2, 0.25) is 10.0 Å². The van der Waals surface area contributed by atoms with Crippen LogP contribution in [-0.4, -0.2) is 17.0 Å². The van der Waals surface area contributed by atoms with Crippen LogP contribution in [-0.2, 0) is 0 Å². The number of ketones is 1. The highest BCUT2D eigenvalue weighted by Crippen LogP contribution is 2.28. The average Bonchev–Trinajstić information content (AvgIpc) is 2.47. The minimum atomic E-state index is -1.42. The average molecular weight is 421 g/mol. The van der Waals surface area contributed by atoms with Crippen molar-refractivity contribution < 1.29 is 19.1 Å². The smallest absolute Gasteiger partial charge is 0.405 e. The maximum Gasteiger partial charge on any atom is 0.405 e. The fraction of sp³-hybridized carbons (Fsp3) is 0.0667. The van der Waals surface area contributed by atoms with Crippen LogP contribution in [0.25, 0.3) is 0 Å². The third-order valence-electron chi connectivity index (χ3n) is 3.00. The number of carbonyl (C=O) groups excluding carboxylic acids is 1. The lowest BCUT2D eigenvalue weighted by atomic mass is 9.97. The largest absolute Gasteiger partial charge is 0.465 e. The van der Waals surface area contributed by atoms with Crippen molar-refractivity contribution in [3.05, 3.63) is 67.9 Å². The van der Waals surface area contributed by atoms with Crippen molar-refractivity contribution in [1.29, 1.82) is 0 Å². The van der Waals surface area contributed by atoms with Gasteiger partial charge in [-0.1, -0.05) is 45.2 Å². The van der Waals surface area contributed by atoms with Gasteiger partial charge < -0.3 is 10.4 Å². The van der Waals surface area contributed by atoms with Gasteiger partial charge in [-0.2, -0.15) is 0 Å². The fourth-order valence-corrected chi connectivity index (χ4v) is 2.60. The Kier molecular flexibility index (Phi) is 5.62. The van der Waals surface area contributed by atoms with E-state index in [4.69, 9.17) is 28.3 Å². The van der Waals surface area contributed by atoms with Gasteiger partial charge in [0.25, 0.3) is 0 Å². The number of halogens is 4. The van der Waals surface area contributed by atoms with Crippen LogP contribution in [0.1, 0.15) is 22.0 Å². The van der Waals surface area contributed by atoms with E-state index in [0.717, 1.165) is 6.07 Å². The van der Waals surface area contributed by atoms with Crippen LogP contribution in [0.4, 0.5) is 9.18 Å². The molecule has 2 rings (SSSR count). The van der Waals surface area contributed by atoms with E-state index < -0.39 is 23.7 Å². The van der Waals surface area contributed by atoms with E-state index in [9.17, 15) is 14.0 Å². The molecule has 0 spiro atoms. The maximum absolute atomic E-state index is 14.0. The molecule has 0 radical (unpaired) electrons. The molecule has 0 fully saturated rings. The molecule has 1 unspecified atom stereocenters. The van der Waals surface area contributed by atoms with Crippen molar-refractivity contribution in [3.8, 4) is 0 Å². The van der Waals surface area contributed by atoms with Crippen molar-refractivity contribution in [1.82, 2.24) is 5.32 Å². The third kappa shape index (κ3) is 4.22. The number of carboxylic acid groups (broad SMARTS) is 1. The molecule has 0 heterocycles. The second-order valence-corrected chi connectivity index (χ2v) is 6.27. The molecule has 8 heteroatoms. The Morgan fingerprint density at radius 3 is 2.39 bits per heavy atom. The second kappa shape index (κ2) is 7.29. The molecular weight excluding hydrogens is 412 g/mol. The lowest BCUT2D eigenvalue weighted by Gasteiger charge is -2.17. The van der Waals surface area contributed by atoms with Gasteiger partial charge in [-0.05, 0) is 35.9 Å². The second-order valence-electron chi connectivity index (χ2n) is 4.54. The predicted molar refractivity (Wildman–Crippen MR) is 88.8 cm³/mol. The molecule has 0 aliphatic rings. The summed E-state index contributed by atoms with van der Waals surface area (Å²) in [6.07, 6.45) is -1.42. The Hall–Kier alpha value is -1.63. The van der Waals surface area contributed by atoms with Crippen LogP contribution >= 0.6 is 39.1 Å². The van der Waals surface area contributed by atoms with Crippen LogP contribution < -0.4 is 5.32 Å². The molecule has 120 valence electrons. The summed E-state index contributed by atoms with van der Waals surface area (Å²) in [5.41, 5.74) is 0.0205. The Morgan fingerprint density at radius 1 is 1.13 bits per heavy atom. The van der Waals surface area contributed by atoms with E-state index in [1.54, 1.807) is 0 Å². The van der Waals surface area contributed by atoms with Crippen molar-refractivity contribution in [3.63, 3.8) is 0 Å². The molecule has 0 aliphatic heterocycles. The highest BCUT2D eigenvalue weighted by Gasteiger charge is 2.26. The van der Waals surface area contributed by atoms with Crippen molar-refractivity contribution in [2.45, 2.75) is 6.04 Å². The van der Waals surface area contributed by atoms with E-state index in [2.05, 4.69) is 21.2 Å². The molecule has 2 N–H and O–H groups in total. The molecule has 0 saturated carbocycles. The number of Topliss-reactive ketones (excluding diaryl/α,β-unsaturated/α-hetero) is 1. The third-order valence-corrected chi connectivity index (χ3v) is 4.24. The van der Waals surface area contributed by atoms with Crippen LogP contribution in [0, 0.1) is 5.82 Å². The quantitative estimate of drug-likeness (QED) is 0.677. The van der Waals surface area contributed by atoms with Gasteiger partial charge in [-0.25, -0.2) is 9.18 Å². The van der Waals surface area contributed by atoms with E-state index in [-0.39, 0.29) is 21.2 Å². The maximum atomic E-state index is 14.0. The molecule has 2 aromatic rings. The van der Waals surface area contributed by atoms with E-state index in [0.29, 0.717) is 4.47 Å². The summed E-state index contributed by atoms with van der Waals surface area (Å²) in [7, 11) is 0. The van der Waals surface area contributed by atoms with Gasteiger partial charge in [-0.15, -0.1) is 0 Å². The first kappa shape index (κ1) is 17.7. The van der Waals surface area contributed by atoms with Gasteiger partial charge >= 0.3 is 6.09 Å².